The molecule has 0 aliphatic carbocycles. The molecule has 0 aliphatic heterocycles. The van der Waals surface area contributed by atoms with E-state index in [-0.39, 0.29) is 31.1 Å². The van der Waals surface area contributed by atoms with Crippen LogP contribution >= 0.6 is 0 Å². The van der Waals surface area contributed by atoms with E-state index in [1.165, 1.54) is 167 Å². The highest BCUT2D eigenvalue weighted by molar-refractivity contribution is 5.71. The quantitative estimate of drug-likeness (QED) is 0.0262. The van der Waals surface area contributed by atoms with Gasteiger partial charge in [-0.05, 0) is 38.5 Å². The molecule has 0 heterocycles. The van der Waals surface area contributed by atoms with Crippen molar-refractivity contribution in [1.82, 2.24) is 0 Å². The molecular formula is C57H102O6. The number of hydrogen-bond acceptors (Lipinski definition) is 6. The third kappa shape index (κ3) is 50.2. The number of ether oxygens (including phenoxy) is 3. The molecule has 366 valence electrons. The highest BCUT2D eigenvalue weighted by Gasteiger charge is 2.19. The Labute approximate surface area is 390 Å². The lowest BCUT2D eigenvalue weighted by atomic mass is 10.0. The number of unbranched alkanes of at least 4 members (excludes halogenated alkanes) is 33. The van der Waals surface area contributed by atoms with Gasteiger partial charge in [0, 0.05) is 19.3 Å². The van der Waals surface area contributed by atoms with Crippen LogP contribution < -0.4 is 0 Å². The predicted octanol–water partition coefficient (Wildman–Crippen LogP) is 17.9. The van der Waals surface area contributed by atoms with Crippen molar-refractivity contribution in [3.8, 4) is 0 Å². The largest absolute Gasteiger partial charge is 0.462 e. The van der Waals surface area contributed by atoms with Crippen molar-refractivity contribution in [2.75, 3.05) is 13.2 Å². The van der Waals surface area contributed by atoms with E-state index in [4.69, 9.17) is 14.2 Å². The fourth-order valence-corrected chi connectivity index (χ4v) is 7.87. The lowest BCUT2D eigenvalue weighted by molar-refractivity contribution is -0.167. The summed E-state index contributed by atoms with van der Waals surface area (Å²) < 4.78 is 16.8. The van der Waals surface area contributed by atoms with Gasteiger partial charge >= 0.3 is 17.9 Å². The third-order valence-electron chi connectivity index (χ3n) is 11.9. The Morgan fingerprint density at radius 1 is 0.333 bits per heavy atom. The van der Waals surface area contributed by atoms with Crippen molar-refractivity contribution in [2.45, 2.75) is 284 Å². The molecule has 0 aromatic rings. The molecule has 1 atom stereocenters. The Bertz CT molecular complexity index is 1110. The van der Waals surface area contributed by atoms with Crippen molar-refractivity contribution in [1.29, 1.82) is 0 Å². The van der Waals surface area contributed by atoms with E-state index < -0.39 is 6.10 Å². The van der Waals surface area contributed by atoms with E-state index in [0.29, 0.717) is 19.3 Å². The maximum absolute atomic E-state index is 12.8. The topological polar surface area (TPSA) is 78.9 Å². The Morgan fingerprint density at radius 2 is 0.619 bits per heavy atom. The van der Waals surface area contributed by atoms with Crippen LogP contribution in [0.5, 0.6) is 0 Å². The molecule has 0 bridgehead atoms. The minimum absolute atomic E-state index is 0.0817. The fraction of sp³-hybridized carbons (Fsp3) is 0.807. The second-order valence-electron chi connectivity index (χ2n) is 18.2. The van der Waals surface area contributed by atoms with Crippen LogP contribution in [0.3, 0.4) is 0 Å². The number of hydrogen-bond donors (Lipinski definition) is 0. The number of rotatable bonds is 49. The van der Waals surface area contributed by atoms with Gasteiger partial charge in [-0.2, -0.15) is 0 Å². The van der Waals surface area contributed by atoms with E-state index in [0.717, 1.165) is 70.6 Å². The monoisotopic (exact) mass is 883 g/mol. The first kappa shape index (κ1) is 60.4. The first-order valence-corrected chi connectivity index (χ1v) is 27.2. The molecule has 0 aromatic carbocycles. The molecule has 6 nitrogen and oxygen atoms in total. The van der Waals surface area contributed by atoms with Crippen LogP contribution in [0.15, 0.2) is 48.6 Å². The molecule has 63 heavy (non-hydrogen) atoms. The summed E-state index contributed by atoms with van der Waals surface area (Å²) in [6.07, 6.45) is 62.4. The number of allylic oxidation sites excluding steroid dienone is 8. The SMILES string of the molecule is CC\C=C/C=C\C=C/C=C\CCCCCC(=O)OCC(COC(=O)CCCCCCCCCCCCCCCCCCC)OC(=O)CCCCCCCCCCCCCCCCC. The van der Waals surface area contributed by atoms with Crippen molar-refractivity contribution in [3.05, 3.63) is 48.6 Å². The van der Waals surface area contributed by atoms with Crippen LogP contribution in [-0.2, 0) is 28.6 Å². The van der Waals surface area contributed by atoms with Gasteiger partial charge in [-0.3, -0.25) is 14.4 Å². The van der Waals surface area contributed by atoms with E-state index in [2.05, 4.69) is 39.0 Å². The lowest BCUT2D eigenvalue weighted by Gasteiger charge is -2.18. The predicted molar refractivity (Wildman–Crippen MR) is 270 cm³/mol. The number of carbonyl (C=O) groups is 3. The molecular weight excluding hydrogens is 781 g/mol. The Balaban J connectivity index is 4.37. The maximum atomic E-state index is 12.8. The van der Waals surface area contributed by atoms with Crippen LogP contribution in [0.1, 0.15) is 278 Å². The summed E-state index contributed by atoms with van der Waals surface area (Å²) in [5, 5.41) is 0. The van der Waals surface area contributed by atoms with Gasteiger partial charge in [-0.1, -0.05) is 268 Å². The van der Waals surface area contributed by atoms with E-state index in [1.807, 2.05) is 30.4 Å². The van der Waals surface area contributed by atoms with Crippen molar-refractivity contribution in [3.63, 3.8) is 0 Å². The zero-order chi connectivity index (χ0) is 45.8. The smallest absolute Gasteiger partial charge is 0.306 e. The molecule has 0 saturated carbocycles. The van der Waals surface area contributed by atoms with Gasteiger partial charge in [-0.15, -0.1) is 0 Å². The minimum Gasteiger partial charge on any atom is -0.462 e. The van der Waals surface area contributed by atoms with E-state index in [9.17, 15) is 14.4 Å². The van der Waals surface area contributed by atoms with Gasteiger partial charge in [-0.25, -0.2) is 0 Å². The van der Waals surface area contributed by atoms with Crippen LogP contribution in [0, 0.1) is 0 Å². The third-order valence-corrected chi connectivity index (χ3v) is 11.9. The zero-order valence-electron chi connectivity index (χ0n) is 41.8. The molecule has 1 unspecified atom stereocenters. The molecule has 6 heteroatoms. The molecule has 0 aromatic heterocycles. The van der Waals surface area contributed by atoms with Crippen LogP contribution in [0.4, 0.5) is 0 Å². The number of carbonyl (C=O) groups excluding carboxylic acids is 3. The molecule has 0 spiro atoms. The van der Waals surface area contributed by atoms with Gasteiger partial charge in [0.25, 0.3) is 0 Å². The molecule has 0 saturated heterocycles. The van der Waals surface area contributed by atoms with Crippen LogP contribution in [0.2, 0.25) is 0 Å². The summed E-state index contributed by atoms with van der Waals surface area (Å²) in [4.78, 5) is 38.0. The van der Waals surface area contributed by atoms with Crippen LogP contribution in [-0.4, -0.2) is 37.2 Å². The highest BCUT2D eigenvalue weighted by atomic mass is 16.6. The zero-order valence-corrected chi connectivity index (χ0v) is 41.8. The summed E-state index contributed by atoms with van der Waals surface area (Å²) >= 11 is 0. The molecule has 0 rings (SSSR count). The second-order valence-corrected chi connectivity index (χ2v) is 18.2. The normalized spacial score (nSPS) is 12.4. The molecule has 0 fully saturated rings. The Kier molecular flexibility index (Phi) is 49.8. The van der Waals surface area contributed by atoms with Crippen molar-refractivity contribution in [2.24, 2.45) is 0 Å². The van der Waals surface area contributed by atoms with Crippen LogP contribution in [0.25, 0.3) is 0 Å². The van der Waals surface area contributed by atoms with E-state index >= 15 is 0 Å². The second kappa shape index (κ2) is 52.0. The van der Waals surface area contributed by atoms with Gasteiger partial charge in [0.1, 0.15) is 13.2 Å². The number of esters is 3. The molecule has 0 aliphatic rings. The standard InChI is InChI=1S/C57H102O6/c1-4-7-10-13-16-19-22-25-27-28-30-32-35-38-41-44-47-50-56(59)62-53-54(52-61-55(58)49-46-43-40-37-34-31-24-21-18-15-12-9-6-3)63-57(60)51-48-45-42-39-36-33-29-26-23-20-17-14-11-8-5-2/h9,12,15,18,21,24,31,34,54H,4-8,10-11,13-14,16-17,19-20,22-23,25-30,32-33,35-53H2,1-3H3/b12-9-,18-15-,24-21-,34-31-. The summed E-state index contributed by atoms with van der Waals surface area (Å²) in [5.74, 6) is -0.909. The van der Waals surface area contributed by atoms with E-state index in [1.54, 1.807) is 0 Å². The lowest BCUT2D eigenvalue weighted by Crippen LogP contribution is -2.30. The maximum Gasteiger partial charge on any atom is 0.306 e. The van der Waals surface area contributed by atoms with Crippen molar-refractivity contribution < 1.29 is 28.6 Å². The molecule has 0 radical (unpaired) electrons. The van der Waals surface area contributed by atoms with Crippen molar-refractivity contribution >= 4 is 17.9 Å². The average molecular weight is 883 g/mol. The van der Waals surface area contributed by atoms with Gasteiger partial charge < -0.3 is 14.2 Å². The van der Waals surface area contributed by atoms with Gasteiger partial charge in [0.2, 0.25) is 0 Å². The summed E-state index contributed by atoms with van der Waals surface area (Å²) in [6.45, 7) is 6.50. The molecule has 0 amide bonds. The minimum atomic E-state index is -0.784. The Morgan fingerprint density at radius 3 is 0.968 bits per heavy atom. The summed E-state index contributed by atoms with van der Waals surface area (Å²) in [6, 6.07) is 0. The highest BCUT2D eigenvalue weighted by Crippen LogP contribution is 2.17. The first-order valence-electron chi connectivity index (χ1n) is 27.2. The Hall–Kier alpha value is -2.63. The fourth-order valence-electron chi connectivity index (χ4n) is 7.87. The van der Waals surface area contributed by atoms with Gasteiger partial charge in [0.15, 0.2) is 6.10 Å². The molecule has 0 N–H and O–H groups in total. The summed E-state index contributed by atoms with van der Waals surface area (Å²) in [7, 11) is 0. The van der Waals surface area contributed by atoms with Gasteiger partial charge in [0.05, 0.1) is 0 Å². The first-order chi connectivity index (χ1) is 31.0. The average Bonchev–Trinajstić information content (AvgIpc) is 3.28. The summed E-state index contributed by atoms with van der Waals surface area (Å²) in [5.41, 5.74) is 0.